The number of amides is 1. The minimum absolute atomic E-state index is 0.161. The van der Waals surface area contributed by atoms with Gasteiger partial charge in [0.15, 0.2) is 0 Å². The van der Waals surface area contributed by atoms with Crippen molar-refractivity contribution in [2.75, 3.05) is 6.61 Å². The van der Waals surface area contributed by atoms with E-state index in [4.69, 9.17) is 16.3 Å². The summed E-state index contributed by atoms with van der Waals surface area (Å²) in [5.41, 5.74) is 1.84. The molecule has 2 rings (SSSR count). The third-order valence-corrected chi connectivity index (χ3v) is 3.22. The number of carbonyl (C=O) groups excluding carboxylic acids is 1. The fraction of sp³-hybridized carbons (Fsp3) is 0.167. The minimum Gasteiger partial charge on any atom is -0.493 e. The first kappa shape index (κ1) is 16.1. The Morgan fingerprint density at radius 2 is 2.05 bits per heavy atom. The molecule has 1 N–H and O–H groups in total. The zero-order chi connectivity index (χ0) is 15.8. The summed E-state index contributed by atoms with van der Waals surface area (Å²) in [6.07, 6.45) is 3.25. The van der Waals surface area contributed by atoms with Crippen LogP contribution in [0.5, 0.6) is 5.75 Å². The van der Waals surface area contributed by atoms with Crippen molar-refractivity contribution in [1.82, 2.24) is 5.32 Å². The predicted molar refractivity (Wildman–Crippen MR) is 89.9 cm³/mol. The van der Waals surface area contributed by atoms with E-state index in [0.29, 0.717) is 18.2 Å². The maximum Gasteiger partial charge on any atom is 0.244 e. The van der Waals surface area contributed by atoms with Crippen LogP contribution in [0.3, 0.4) is 0 Å². The number of rotatable bonds is 6. The molecule has 0 saturated carbocycles. The highest BCUT2D eigenvalue weighted by atomic mass is 35.5. The lowest BCUT2D eigenvalue weighted by Crippen LogP contribution is -2.20. The van der Waals surface area contributed by atoms with Crippen molar-refractivity contribution in [2.24, 2.45) is 0 Å². The summed E-state index contributed by atoms with van der Waals surface area (Å²) in [6.45, 7) is 2.96. The van der Waals surface area contributed by atoms with Crippen molar-refractivity contribution in [3.63, 3.8) is 0 Å². The number of nitrogens with one attached hydrogen (secondary N) is 1. The van der Waals surface area contributed by atoms with Gasteiger partial charge in [0.05, 0.1) is 6.61 Å². The third kappa shape index (κ3) is 4.93. The summed E-state index contributed by atoms with van der Waals surface area (Å²) in [5.74, 6) is 0.607. The van der Waals surface area contributed by atoms with Gasteiger partial charge in [-0.15, -0.1) is 0 Å². The molecule has 2 aromatic rings. The van der Waals surface area contributed by atoms with Gasteiger partial charge in [0.25, 0.3) is 0 Å². The number of hydrogen-bond acceptors (Lipinski definition) is 2. The lowest BCUT2D eigenvalue weighted by Gasteiger charge is -2.06. The van der Waals surface area contributed by atoms with Crippen LogP contribution in [0.25, 0.3) is 6.08 Å². The van der Waals surface area contributed by atoms with Crippen LogP contribution in [-0.2, 0) is 11.3 Å². The Labute approximate surface area is 135 Å². The predicted octanol–water partition coefficient (Wildman–Crippen LogP) is 4.07. The molecule has 2 aromatic carbocycles. The van der Waals surface area contributed by atoms with E-state index in [0.717, 1.165) is 16.9 Å². The van der Waals surface area contributed by atoms with Gasteiger partial charge >= 0.3 is 0 Å². The van der Waals surface area contributed by atoms with E-state index in [9.17, 15) is 4.79 Å². The third-order valence-electron chi connectivity index (χ3n) is 2.99. The second kappa shape index (κ2) is 8.25. The second-order valence-corrected chi connectivity index (χ2v) is 5.09. The largest absolute Gasteiger partial charge is 0.493 e. The van der Waals surface area contributed by atoms with Crippen molar-refractivity contribution in [3.05, 3.63) is 70.8 Å². The standard InChI is InChI=1S/C18H18ClNO2/c1-2-22-17-9-4-3-7-15(17)10-11-18(21)20-13-14-6-5-8-16(19)12-14/h3-12H,2,13H2,1H3,(H,20,21)/b11-10+. The highest BCUT2D eigenvalue weighted by Crippen LogP contribution is 2.19. The van der Waals surface area contributed by atoms with E-state index in [2.05, 4.69) is 5.32 Å². The molecule has 0 spiro atoms. The molecule has 1 amide bonds. The smallest absolute Gasteiger partial charge is 0.244 e. The molecule has 0 bridgehead atoms. The Hall–Kier alpha value is -2.26. The average Bonchev–Trinajstić information content (AvgIpc) is 2.52. The number of hydrogen-bond donors (Lipinski definition) is 1. The molecule has 114 valence electrons. The molecule has 0 aliphatic carbocycles. The van der Waals surface area contributed by atoms with Crippen molar-refractivity contribution >= 4 is 23.6 Å². The summed E-state index contributed by atoms with van der Waals surface area (Å²) in [7, 11) is 0. The first-order valence-electron chi connectivity index (χ1n) is 7.11. The Morgan fingerprint density at radius 3 is 2.82 bits per heavy atom. The van der Waals surface area contributed by atoms with Crippen molar-refractivity contribution < 1.29 is 9.53 Å². The van der Waals surface area contributed by atoms with E-state index in [1.807, 2.05) is 49.4 Å². The summed E-state index contributed by atoms with van der Waals surface area (Å²) < 4.78 is 5.51. The molecule has 0 radical (unpaired) electrons. The number of para-hydroxylation sites is 1. The van der Waals surface area contributed by atoms with E-state index in [1.165, 1.54) is 6.08 Å². The normalized spacial score (nSPS) is 10.6. The molecule has 0 saturated heterocycles. The molecule has 4 heteroatoms. The Morgan fingerprint density at radius 1 is 1.23 bits per heavy atom. The lowest BCUT2D eigenvalue weighted by molar-refractivity contribution is -0.116. The van der Waals surface area contributed by atoms with Gasteiger partial charge in [-0.05, 0) is 36.8 Å². The Kier molecular flexibility index (Phi) is 6.04. The molecule has 0 aliphatic rings. The first-order chi connectivity index (χ1) is 10.7. The van der Waals surface area contributed by atoms with Crippen LogP contribution in [0, 0.1) is 0 Å². The highest BCUT2D eigenvalue weighted by Gasteiger charge is 2.01. The maximum atomic E-state index is 11.9. The van der Waals surface area contributed by atoms with Gasteiger partial charge in [-0.1, -0.05) is 41.9 Å². The Bertz CT molecular complexity index is 668. The lowest BCUT2D eigenvalue weighted by atomic mass is 10.2. The van der Waals surface area contributed by atoms with E-state index < -0.39 is 0 Å². The number of carbonyl (C=O) groups is 1. The van der Waals surface area contributed by atoms with E-state index in [-0.39, 0.29) is 5.91 Å². The molecular weight excluding hydrogens is 298 g/mol. The topological polar surface area (TPSA) is 38.3 Å². The zero-order valence-corrected chi connectivity index (χ0v) is 13.1. The van der Waals surface area contributed by atoms with Crippen LogP contribution in [0.2, 0.25) is 5.02 Å². The molecule has 22 heavy (non-hydrogen) atoms. The monoisotopic (exact) mass is 315 g/mol. The molecule has 0 aliphatic heterocycles. The van der Waals surface area contributed by atoms with Crippen molar-refractivity contribution in [3.8, 4) is 5.75 Å². The first-order valence-corrected chi connectivity index (χ1v) is 7.49. The summed E-state index contributed by atoms with van der Waals surface area (Å²) in [4.78, 5) is 11.9. The van der Waals surface area contributed by atoms with E-state index in [1.54, 1.807) is 12.1 Å². The number of benzene rings is 2. The van der Waals surface area contributed by atoms with E-state index >= 15 is 0 Å². The summed E-state index contributed by atoms with van der Waals surface area (Å²) in [5, 5.41) is 3.48. The van der Waals surface area contributed by atoms with Crippen LogP contribution in [0.4, 0.5) is 0 Å². The van der Waals surface area contributed by atoms with Gasteiger partial charge in [-0.3, -0.25) is 4.79 Å². The van der Waals surface area contributed by atoms with Crippen LogP contribution in [0.1, 0.15) is 18.1 Å². The van der Waals surface area contributed by atoms with Gasteiger partial charge in [0, 0.05) is 23.2 Å². The van der Waals surface area contributed by atoms with Gasteiger partial charge in [-0.2, -0.15) is 0 Å². The SMILES string of the molecule is CCOc1ccccc1/C=C/C(=O)NCc1cccc(Cl)c1. The van der Waals surface area contributed by atoms with Gasteiger partial charge in [0.1, 0.15) is 5.75 Å². The zero-order valence-electron chi connectivity index (χ0n) is 12.4. The van der Waals surface area contributed by atoms with Gasteiger partial charge in [0.2, 0.25) is 5.91 Å². The number of halogens is 1. The summed E-state index contributed by atoms with van der Waals surface area (Å²) >= 11 is 5.91. The summed E-state index contributed by atoms with van der Waals surface area (Å²) in [6, 6.07) is 15.0. The van der Waals surface area contributed by atoms with Crippen molar-refractivity contribution in [1.29, 1.82) is 0 Å². The fourth-order valence-electron chi connectivity index (χ4n) is 1.97. The van der Waals surface area contributed by atoms with Crippen LogP contribution in [-0.4, -0.2) is 12.5 Å². The molecule has 3 nitrogen and oxygen atoms in total. The average molecular weight is 316 g/mol. The molecule has 0 heterocycles. The quantitative estimate of drug-likeness (QED) is 0.816. The van der Waals surface area contributed by atoms with Crippen LogP contribution in [0.15, 0.2) is 54.6 Å². The fourth-order valence-corrected chi connectivity index (χ4v) is 2.18. The van der Waals surface area contributed by atoms with Gasteiger partial charge in [-0.25, -0.2) is 0 Å². The van der Waals surface area contributed by atoms with Gasteiger partial charge < -0.3 is 10.1 Å². The molecule has 0 aromatic heterocycles. The molecular formula is C18H18ClNO2. The second-order valence-electron chi connectivity index (χ2n) is 4.65. The van der Waals surface area contributed by atoms with Crippen LogP contribution >= 0.6 is 11.6 Å². The van der Waals surface area contributed by atoms with Crippen molar-refractivity contribution in [2.45, 2.75) is 13.5 Å². The Balaban J connectivity index is 1.94. The maximum absolute atomic E-state index is 11.9. The highest BCUT2D eigenvalue weighted by molar-refractivity contribution is 6.30. The molecule has 0 atom stereocenters. The molecule has 0 unspecified atom stereocenters. The number of ether oxygens (including phenoxy) is 1. The van der Waals surface area contributed by atoms with Crippen LogP contribution < -0.4 is 10.1 Å². The molecule has 0 fully saturated rings. The minimum atomic E-state index is -0.161.